The number of rotatable bonds is 5. The first-order valence-corrected chi connectivity index (χ1v) is 9.81. The highest BCUT2D eigenvalue weighted by Gasteiger charge is 2.31. The Hall–Kier alpha value is -1.35. The number of benzene rings is 1. The van der Waals surface area contributed by atoms with E-state index in [4.69, 9.17) is 9.47 Å². The molecular formula is C15H25N3O4S+2. The van der Waals surface area contributed by atoms with E-state index >= 15 is 0 Å². The largest absolute Gasteiger partial charge is 0.454 e. The monoisotopic (exact) mass is 343 g/mol. The molecule has 1 saturated heterocycles. The van der Waals surface area contributed by atoms with Crippen LogP contribution >= 0.6 is 0 Å². The van der Waals surface area contributed by atoms with Crippen LogP contribution in [0.25, 0.3) is 0 Å². The van der Waals surface area contributed by atoms with Crippen LogP contribution in [0, 0.1) is 0 Å². The van der Waals surface area contributed by atoms with Crippen molar-refractivity contribution in [2.75, 3.05) is 52.8 Å². The second-order valence-corrected chi connectivity index (χ2v) is 8.23. The lowest BCUT2D eigenvalue weighted by Gasteiger charge is -2.33. The van der Waals surface area contributed by atoms with E-state index in [1.165, 1.54) is 16.1 Å². The average Bonchev–Trinajstić information content (AvgIpc) is 2.96. The van der Waals surface area contributed by atoms with Crippen molar-refractivity contribution >= 4 is 10.0 Å². The first kappa shape index (κ1) is 16.5. The second kappa shape index (κ2) is 6.64. The minimum Gasteiger partial charge on any atom is -0.454 e. The van der Waals surface area contributed by atoms with E-state index in [1.807, 2.05) is 18.2 Å². The van der Waals surface area contributed by atoms with E-state index < -0.39 is 10.0 Å². The van der Waals surface area contributed by atoms with Crippen LogP contribution in [-0.2, 0) is 10.0 Å². The minimum absolute atomic E-state index is 0.0762. The SMILES string of the molecule is C[NH+]1CC[NH+]([C@@H](CNS(C)(=O)=O)c2ccc3c(c2)OCO3)CC1. The Morgan fingerprint density at radius 3 is 2.57 bits per heavy atom. The molecule has 0 unspecified atom stereocenters. The molecule has 1 aromatic carbocycles. The number of likely N-dealkylation sites (N-methyl/N-ethyl adjacent to an activating group) is 1. The van der Waals surface area contributed by atoms with E-state index in [0.29, 0.717) is 6.54 Å². The number of hydrogen-bond donors (Lipinski definition) is 3. The van der Waals surface area contributed by atoms with Crippen LogP contribution < -0.4 is 24.0 Å². The lowest BCUT2D eigenvalue weighted by atomic mass is 10.0. The Kier molecular flexibility index (Phi) is 4.77. The van der Waals surface area contributed by atoms with E-state index in [1.54, 1.807) is 0 Å². The van der Waals surface area contributed by atoms with Crippen LogP contribution in [0.3, 0.4) is 0 Å². The van der Waals surface area contributed by atoms with Crippen LogP contribution in [0.15, 0.2) is 18.2 Å². The van der Waals surface area contributed by atoms with Gasteiger partial charge in [-0.05, 0) is 18.2 Å². The van der Waals surface area contributed by atoms with Crippen LogP contribution in [-0.4, -0.2) is 61.2 Å². The zero-order chi connectivity index (χ0) is 16.4. The summed E-state index contributed by atoms with van der Waals surface area (Å²) in [7, 11) is -1.02. The fourth-order valence-corrected chi connectivity index (χ4v) is 3.68. The minimum atomic E-state index is -3.21. The summed E-state index contributed by atoms with van der Waals surface area (Å²) in [6, 6.07) is 5.98. The van der Waals surface area contributed by atoms with Crippen molar-refractivity contribution in [2.24, 2.45) is 0 Å². The van der Waals surface area contributed by atoms with Gasteiger partial charge in [0.25, 0.3) is 0 Å². The first-order valence-electron chi connectivity index (χ1n) is 7.92. The fraction of sp³-hybridized carbons (Fsp3) is 0.600. The van der Waals surface area contributed by atoms with Gasteiger partial charge in [-0.3, -0.25) is 0 Å². The van der Waals surface area contributed by atoms with Crippen molar-refractivity contribution in [2.45, 2.75) is 6.04 Å². The van der Waals surface area contributed by atoms with E-state index in [-0.39, 0.29) is 12.8 Å². The van der Waals surface area contributed by atoms with Gasteiger partial charge in [0, 0.05) is 5.56 Å². The Bertz CT molecular complexity index is 657. The van der Waals surface area contributed by atoms with Gasteiger partial charge in [0.15, 0.2) is 11.5 Å². The molecule has 3 rings (SSSR count). The number of hydrogen-bond acceptors (Lipinski definition) is 4. The van der Waals surface area contributed by atoms with Crippen LogP contribution in [0.2, 0.25) is 0 Å². The van der Waals surface area contributed by atoms with Gasteiger partial charge in [-0.2, -0.15) is 0 Å². The van der Waals surface area contributed by atoms with Gasteiger partial charge in [-0.15, -0.1) is 0 Å². The van der Waals surface area contributed by atoms with Crippen molar-refractivity contribution in [3.8, 4) is 11.5 Å². The Balaban J connectivity index is 1.82. The smallest absolute Gasteiger partial charge is 0.231 e. The summed E-state index contributed by atoms with van der Waals surface area (Å²) in [6.45, 7) is 4.87. The lowest BCUT2D eigenvalue weighted by Crippen LogP contribution is -3.27. The normalized spacial score (nSPS) is 25.3. The molecule has 2 aliphatic rings. The summed E-state index contributed by atoms with van der Waals surface area (Å²) in [4.78, 5) is 2.93. The average molecular weight is 343 g/mol. The van der Waals surface area contributed by atoms with Gasteiger partial charge in [-0.25, -0.2) is 13.1 Å². The summed E-state index contributed by atoms with van der Waals surface area (Å²) in [5.74, 6) is 1.49. The molecule has 0 bridgehead atoms. The molecule has 8 heteroatoms. The number of ether oxygens (including phenoxy) is 2. The van der Waals surface area contributed by atoms with Gasteiger partial charge in [-0.1, -0.05) is 0 Å². The van der Waals surface area contributed by atoms with Crippen molar-refractivity contribution in [3.63, 3.8) is 0 Å². The summed E-state index contributed by atoms with van der Waals surface area (Å²) in [5, 5.41) is 0. The molecular weight excluding hydrogens is 318 g/mol. The highest BCUT2D eigenvalue weighted by Crippen LogP contribution is 2.33. The van der Waals surface area contributed by atoms with Gasteiger partial charge in [0.05, 0.1) is 19.8 Å². The van der Waals surface area contributed by atoms with Crippen molar-refractivity contribution < 1.29 is 27.7 Å². The molecule has 128 valence electrons. The van der Waals surface area contributed by atoms with Crippen LogP contribution in [0.1, 0.15) is 11.6 Å². The van der Waals surface area contributed by atoms with Gasteiger partial charge < -0.3 is 19.3 Å². The zero-order valence-electron chi connectivity index (χ0n) is 13.6. The van der Waals surface area contributed by atoms with Gasteiger partial charge in [0.1, 0.15) is 32.2 Å². The number of sulfonamides is 1. The molecule has 1 fully saturated rings. The third-order valence-electron chi connectivity index (χ3n) is 4.59. The van der Waals surface area contributed by atoms with Gasteiger partial charge in [0.2, 0.25) is 16.8 Å². The van der Waals surface area contributed by atoms with Crippen molar-refractivity contribution in [3.05, 3.63) is 23.8 Å². The highest BCUT2D eigenvalue weighted by molar-refractivity contribution is 7.88. The maximum absolute atomic E-state index is 11.5. The first-order chi connectivity index (χ1) is 10.9. The van der Waals surface area contributed by atoms with E-state index in [2.05, 4.69) is 11.8 Å². The molecule has 0 spiro atoms. The number of quaternary nitrogens is 2. The Labute approximate surface area is 137 Å². The van der Waals surface area contributed by atoms with Gasteiger partial charge >= 0.3 is 0 Å². The molecule has 2 heterocycles. The molecule has 0 radical (unpaired) electrons. The number of nitrogens with one attached hydrogen (secondary N) is 3. The molecule has 1 atom stereocenters. The predicted octanol–water partition coefficient (Wildman–Crippen LogP) is -2.58. The molecule has 0 saturated carbocycles. The molecule has 2 aliphatic heterocycles. The Morgan fingerprint density at radius 2 is 1.87 bits per heavy atom. The third kappa shape index (κ3) is 4.14. The van der Waals surface area contributed by atoms with Crippen LogP contribution in [0.4, 0.5) is 0 Å². The molecule has 0 aliphatic carbocycles. The molecule has 7 nitrogen and oxygen atoms in total. The quantitative estimate of drug-likeness (QED) is 0.549. The maximum Gasteiger partial charge on any atom is 0.231 e. The van der Waals surface area contributed by atoms with E-state index in [9.17, 15) is 8.42 Å². The number of piperazine rings is 1. The molecule has 23 heavy (non-hydrogen) atoms. The topological polar surface area (TPSA) is 73.5 Å². The summed E-state index contributed by atoms with van der Waals surface area (Å²) in [5.41, 5.74) is 1.08. The zero-order valence-corrected chi connectivity index (χ0v) is 14.4. The van der Waals surface area contributed by atoms with Crippen molar-refractivity contribution in [1.82, 2.24) is 4.72 Å². The maximum atomic E-state index is 11.5. The highest BCUT2D eigenvalue weighted by atomic mass is 32.2. The third-order valence-corrected chi connectivity index (χ3v) is 5.28. The summed E-state index contributed by atoms with van der Waals surface area (Å²) >= 11 is 0. The molecule has 3 N–H and O–H groups in total. The van der Waals surface area contributed by atoms with Crippen LogP contribution in [0.5, 0.6) is 11.5 Å². The summed E-state index contributed by atoms with van der Waals surface area (Å²) < 4.78 is 36.5. The predicted molar refractivity (Wildman–Crippen MR) is 85.5 cm³/mol. The lowest BCUT2D eigenvalue weighted by molar-refractivity contribution is -1.02. The molecule has 0 amide bonds. The molecule has 0 aromatic heterocycles. The fourth-order valence-electron chi connectivity index (χ4n) is 3.21. The Morgan fingerprint density at radius 1 is 1.17 bits per heavy atom. The second-order valence-electron chi connectivity index (χ2n) is 6.40. The van der Waals surface area contributed by atoms with E-state index in [0.717, 1.165) is 43.2 Å². The summed E-state index contributed by atoms with van der Waals surface area (Å²) in [6.07, 6.45) is 1.20. The molecule has 1 aromatic rings. The standard InChI is InChI=1S/C15H23N3O4S/c1-17-5-7-18(8-6-17)13(10-16-23(2,19)20)12-3-4-14-15(9-12)22-11-21-14/h3-4,9,13,16H,5-8,10-11H2,1-2H3/p+2/t13-/m0/s1. The van der Waals surface area contributed by atoms with Crippen molar-refractivity contribution in [1.29, 1.82) is 0 Å². The number of fused-ring (bicyclic) bond motifs is 1.